The molecule has 0 aliphatic carbocycles. The summed E-state index contributed by atoms with van der Waals surface area (Å²) < 4.78 is 23.3. The van der Waals surface area contributed by atoms with Gasteiger partial charge in [-0.2, -0.15) is 0 Å². The molecule has 1 aromatic rings. The van der Waals surface area contributed by atoms with Crippen LogP contribution in [0.1, 0.15) is 31.7 Å². The van der Waals surface area contributed by atoms with Gasteiger partial charge in [-0.3, -0.25) is 4.79 Å². The van der Waals surface area contributed by atoms with Crippen molar-refractivity contribution in [1.82, 2.24) is 0 Å². The third-order valence-corrected chi connectivity index (χ3v) is 3.07. The average Bonchev–Trinajstić information content (AvgIpc) is 2.34. The molecule has 1 rings (SSSR count). The summed E-state index contributed by atoms with van der Waals surface area (Å²) in [7, 11) is 2.72. The number of hydrogen-bond donors (Lipinski definition) is 1. The van der Waals surface area contributed by atoms with Crippen molar-refractivity contribution in [3.05, 3.63) is 29.6 Å². The van der Waals surface area contributed by atoms with Crippen LogP contribution in [-0.2, 0) is 9.53 Å². The van der Waals surface area contributed by atoms with E-state index in [1.165, 1.54) is 26.4 Å². The minimum Gasteiger partial charge on any atom is -0.494 e. The summed E-state index contributed by atoms with van der Waals surface area (Å²) in [6.07, 6.45) is 0.103. The number of methoxy groups -OCH3 is 2. The molecule has 5 heteroatoms. The van der Waals surface area contributed by atoms with E-state index in [-0.39, 0.29) is 24.1 Å². The fourth-order valence-electron chi connectivity index (χ4n) is 1.96. The van der Waals surface area contributed by atoms with Crippen LogP contribution in [0.3, 0.4) is 0 Å². The minimum absolute atomic E-state index is 0.103. The first-order chi connectivity index (χ1) is 8.79. The molecule has 0 spiro atoms. The Balaban J connectivity index is 3.11. The van der Waals surface area contributed by atoms with E-state index >= 15 is 0 Å². The van der Waals surface area contributed by atoms with Gasteiger partial charge >= 0.3 is 5.97 Å². The topological polar surface area (TPSA) is 61.5 Å². The zero-order chi connectivity index (χ0) is 14.6. The standard InChI is InChI=1S/C14H20FNO3/c1-14(2,16)10(8-13(17)19-4)9-5-6-12(18-3)11(15)7-9/h5-7,10H,8,16H2,1-4H3. The number of halogens is 1. The fraction of sp³-hybridized carbons (Fsp3) is 0.500. The Morgan fingerprint density at radius 3 is 2.47 bits per heavy atom. The van der Waals surface area contributed by atoms with Crippen LogP contribution in [0.5, 0.6) is 5.75 Å². The van der Waals surface area contributed by atoms with Gasteiger partial charge in [0.1, 0.15) is 0 Å². The maximum absolute atomic E-state index is 13.7. The number of ether oxygens (including phenoxy) is 2. The fourth-order valence-corrected chi connectivity index (χ4v) is 1.96. The normalized spacial score (nSPS) is 12.9. The molecular weight excluding hydrogens is 249 g/mol. The molecule has 4 nitrogen and oxygen atoms in total. The van der Waals surface area contributed by atoms with Crippen LogP contribution in [0.15, 0.2) is 18.2 Å². The molecule has 2 N–H and O–H groups in total. The predicted molar refractivity (Wildman–Crippen MR) is 70.6 cm³/mol. The number of rotatable bonds is 5. The van der Waals surface area contributed by atoms with Crippen molar-refractivity contribution in [2.45, 2.75) is 31.7 Å². The first kappa shape index (κ1) is 15.4. The van der Waals surface area contributed by atoms with E-state index in [2.05, 4.69) is 4.74 Å². The lowest BCUT2D eigenvalue weighted by atomic mass is 9.80. The highest BCUT2D eigenvalue weighted by Crippen LogP contribution is 2.32. The molecule has 0 aliphatic heterocycles. The summed E-state index contributed by atoms with van der Waals surface area (Å²) in [5, 5.41) is 0. The van der Waals surface area contributed by atoms with Crippen molar-refractivity contribution in [1.29, 1.82) is 0 Å². The number of benzene rings is 1. The van der Waals surface area contributed by atoms with E-state index in [9.17, 15) is 9.18 Å². The summed E-state index contributed by atoms with van der Waals surface area (Å²) in [6, 6.07) is 4.59. The van der Waals surface area contributed by atoms with Crippen LogP contribution in [0.25, 0.3) is 0 Å². The number of hydrogen-bond acceptors (Lipinski definition) is 4. The number of carbonyl (C=O) groups is 1. The van der Waals surface area contributed by atoms with Crippen molar-refractivity contribution < 1.29 is 18.7 Å². The van der Waals surface area contributed by atoms with Crippen LogP contribution in [-0.4, -0.2) is 25.7 Å². The average molecular weight is 269 g/mol. The molecule has 1 unspecified atom stereocenters. The SMILES string of the molecule is COC(=O)CC(c1ccc(OC)c(F)c1)C(C)(C)N. The Labute approximate surface area is 112 Å². The van der Waals surface area contributed by atoms with Crippen LogP contribution >= 0.6 is 0 Å². The molecule has 1 atom stereocenters. The van der Waals surface area contributed by atoms with E-state index in [4.69, 9.17) is 10.5 Å². The molecule has 19 heavy (non-hydrogen) atoms. The minimum atomic E-state index is -0.671. The van der Waals surface area contributed by atoms with E-state index in [0.29, 0.717) is 5.56 Å². The van der Waals surface area contributed by atoms with Crippen LogP contribution < -0.4 is 10.5 Å². The zero-order valence-corrected chi connectivity index (χ0v) is 11.7. The molecule has 0 aromatic heterocycles. The van der Waals surface area contributed by atoms with Gasteiger partial charge in [0.2, 0.25) is 0 Å². The number of carbonyl (C=O) groups excluding carboxylic acids is 1. The van der Waals surface area contributed by atoms with E-state index in [0.717, 1.165) is 0 Å². The second kappa shape index (κ2) is 6.02. The Morgan fingerprint density at radius 2 is 2.05 bits per heavy atom. The highest BCUT2D eigenvalue weighted by atomic mass is 19.1. The van der Waals surface area contributed by atoms with Crippen molar-refractivity contribution in [3.63, 3.8) is 0 Å². The molecular formula is C14H20FNO3. The van der Waals surface area contributed by atoms with Crippen molar-refractivity contribution >= 4 is 5.97 Å². The van der Waals surface area contributed by atoms with E-state index in [1.807, 2.05) is 0 Å². The Morgan fingerprint density at radius 1 is 1.42 bits per heavy atom. The lowest BCUT2D eigenvalue weighted by Crippen LogP contribution is -2.40. The largest absolute Gasteiger partial charge is 0.494 e. The van der Waals surface area contributed by atoms with Gasteiger partial charge in [0.25, 0.3) is 0 Å². The van der Waals surface area contributed by atoms with Crippen molar-refractivity contribution in [2.24, 2.45) is 5.73 Å². The molecule has 0 saturated carbocycles. The Hall–Kier alpha value is -1.62. The van der Waals surface area contributed by atoms with Gasteiger partial charge in [-0.1, -0.05) is 6.07 Å². The van der Waals surface area contributed by atoms with Crippen molar-refractivity contribution in [3.8, 4) is 5.75 Å². The van der Waals surface area contributed by atoms with Crippen molar-refractivity contribution in [2.75, 3.05) is 14.2 Å². The van der Waals surface area contributed by atoms with Crippen LogP contribution in [0.4, 0.5) is 4.39 Å². The van der Waals surface area contributed by atoms with Gasteiger partial charge < -0.3 is 15.2 Å². The summed E-state index contributed by atoms with van der Waals surface area (Å²) in [6.45, 7) is 3.59. The van der Waals surface area contributed by atoms with Gasteiger partial charge in [0.15, 0.2) is 11.6 Å². The molecule has 0 aliphatic rings. The molecule has 0 saturated heterocycles. The predicted octanol–water partition coefficient (Wildman–Crippen LogP) is 2.22. The van der Waals surface area contributed by atoms with Gasteiger partial charge in [0, 0.05) is 11.5 Å². The summed E-state index contributed by atoms with van der Waals surface area (Å²) in [4.78, 5) is 11.5. The zero-order valence-electron chi connectivity index (χ0n) is 11.7. The molecule has 0 fully saturated rings. The molecule has 0 amide bonds. The summed E-state index contributed by atoms with van der Waals surface area (Å²) >= 11 is 0. The highest BCUT2D eigenvalue weighted by molar-refractivity contribution is 5.70. The Kier molecular flexibility index (Phi) is 4.89. The number of esters is 1. The van der Waals surface area contributed by atoms with E-state index < -0.39 is 11.4 Å². The first-order valence-electron chi connectivity index (χ1n) is 5.98. The highest BCUT2D eigenvalue weighted by Gasteiger charge is 2.30. The van der Waals surface area contributed by atoms with Gasteiger partial charge in [0.05, 0.1) is 20.6 Å². The van der Waals surface area contributed by atoms with Crippen LogP contribution in [0, 0.1) is 5.82 Å². The maximum atomic E-state index is 13.7. The second-order valence-corrected chi connectivity index (χ2v) is 5.05. The summed E-state index contributed by atoms with van der Waals surface area (Å²) in [5.74, 6) is -1.02. The maximum Gasteiger partial charge on any atom is 0.306 e. The molecule has 1 aromatic carbocycles. The third-order valence-electron chi connectivity index (χ3n) is 3.07. The van der Waals surface area contributed by atoms with Crippen LogP contribution in [0.2, 0.25) is 0 Å². The first-order valence-corrected chi connectivity index (χ1v) is 5.98. The molecule has 0 bridgehead atoms. The Bertz CT molecular complexity index is 454. The second-order valence-electron chi connectivity index (χ2n) is 5.05. The molecule has 0 radical (unpaired) electrons. The third kappa shape index (κ3) is 3.92. The monoisotopic (exact) mass is 269 g/mol. The van der Waals surface area contributed by atoms with E-state index in [1.54, 1.807) is 19.9 Å². The molecule has 0 heterocycles. The smallest absolute Gasteiger partial charge is 0.306 e. The number of nitrogens with two attached hydrogens (primary N) is 1. The summed E-state index contributed by atoms with van der Waals surface area (Å²) in [5.41, 5.74) is 6.05. The lowest BCUT2D eigenvalue weighted by Gasteiger charge is -2.30. The van der Waals surface area contributed by atoms with Gasteiger partial charge in [-0.15, -0.1) is 0 Å². The van der Waals surface area contributed by atoms with Gasteiger partial charge in [-0.05, 0) is 31.5 Å². The quantitative estimate of drug-likeness (QED) is 0.833. The molecule has 106 valence electrons. The lowest BCUT2D eigenvalue weighted by molar-refractivity contribution is -0.141. The van der Waals surface area contributed by atoms with Gasteiger partial charge in [-0.25, -0.2) is 4.39 Å².